The van der Waals surface area contributed by atoms with Crippen LogP contribution in [-0.4, -0.2) is 22.0 Å². The lowest BCUT2D eigenvalue weighted by Gasteiger charge is -2.04. The third-order valence-corrected chi connectivity index (χ3v) is 3.07. The Balaban J connectivity index is 2.08. The van der Waals surface area contributed by atoms with E-state index in [-0.39, 0.29) is 5.56 Å². The van der Waals surface area contributed by atoms with E-state index in [0.717, 1.165) is 17.0 Å². The quantitative estimate of drug-likeness (QED) is 0.660. The molecule has 0 aliphatic carbocycles. The van der Waals surface area contributed by atoms with Crippen molar-refractivity contribution in [3.8, 4) is 0 Å². The molecule has 0 fully saturated rings. The van der Waals surface area contributed by atoms with Gasteiger partial charge in [0.25, 0.3) is 0 Å². The first kappa shape index (κ1) is 13.8. The van der Waals surface area contributed by atoms with Crippen molar-refractivity contribution < 1.29 is 9.90 Å². The smallest absolute Gasteiger partial charge is 0.0715 e. The third-order valence-electron chi connectivity index (χ3n) is 3.07. The number of hydrogen-bond acceptors (Lipinski definition) is 5. The van der Waals surface area contributed by atoms with Gasteiger partial charge in [-0.2, -0.15) is 10.2 Å². The molecule has 6 nitrogen and oxygen atoms in total. The number of aromatic nitrogens is 2. The second-order valence-electron chi connectivity index (χ2n) is 4.44. The molecular weight excluding hydrogens is 256 g/mol. The minimum Gasteiger partial charge on any atom is -0.545 e. The number of carboxylic acids is 1. The van der Waals surface area contributed by atoms with Gasteiger partial charge in [-0.1, -0.05) is 12.1 Å². The summed E-state index contributed by atoms with van der Waals surface area (Å²) in [4.78, 5) is 10.6. The fourth-order valence-corrected chi connectivity index (χ4v) is 1.83. The first-order valence-corrected chi connectivity index (χ1v) is 6.09. The van der Waals surface area contributed by atoms with Crippen LogP contribution in [0, 0.1) is 13.8 Å². The molecule has 0 unspecified atom stereocenters. The van der Waals surface area contributed by atoms with E-state index in [2.05, 4.69) is 15.6 Å². The summed E-state index contributed by atoms with van der Waals surface area (Å²) < 4.78 is 1.80. The van der Waals surface area contributed by atoms with Crippen LogP contribution in [0.25, 0.3) is 0 Å². The lowest BCUT2D eigenvalue weighted by Crippen LogP contribution is -2.21. The molecule has 1 heterocycles. The van der Waals surface area contributed by atoms with Crippen LogP contribution in [0.4, 0.5) is 5.69 Å². The standard InChI is InChI=1S/C14H16N4O2/c1-9-13(10(2)18(3)17-9)8-15-16-12-6-4-11(5-7-12)14(19)20/h4-8,16H,1-3H3,(H,19,20)/p-1/b15-8-. The number of aryl methyl sites for hydroxylation is 2. The number of hydrazone groups is 1. The van der Waals surface area contributed by atoms with Gasteiger partial charge in [-0.15, -0.1) is 0 Å². The zero-order valence-electron chi connectivity index (χ0n) is 11.5. The Hall–Kier alpha value is -2.63. The van der Waals surface area contributed by atoms with Crippen molar-refractivity contribution in [2.45, 2.75) is 13.8 Å². The van der Waals surface area contributed by atoms with E-state index in [1.165, 1.54) is 12.1 Å². The van der Waals surface area contributed by atoms with E-state index in [1.54, 1.807) is 23.0 Å². The Bertz CT molecular complexity index is 657. The van der Waals surface area contributed by atoms with Gasteiger partial charge in [-0.3, -0.25) is 10.1 Å². The Labute approximate surface area is 116 Å². The molecule has 104 valence electrons. The molecule has 1 aromatic carbocycles. The lowest BCUT2D eigenvalue weighted by atomic mass is 10.2. The Kier molecular flexibility index (Phi) is 3.84. The van der Waals surface area contributed by atoms with E-state index in [0.29, 0.717) is 5.69 Å². The summed E-state index contributed by atoms with van der Waals surface area (Å²) in [7, 11) is 1.88. The highest BCUT2D eigenvalue weighted by Crippen LogP contribution is 2.11. The number of benzene rings is 1. The van der Waals surface area contributed by atoms with Gasteiger partial charge in [0, 0.05) is 18.3 Å². The predicted molar refractivity (Wildman–Crippen MR) is 74.7 cm³/mol. The monoisotopic (exact) mass is 271 g/mol. The molecule has 2 aromatic rings. The summed E-state index contributed by atoms with van der Waals surface area (Å²) in [5.41, 5.74) is 6.58. The second kappa shape index (κ2) is 5.56. The number of carboxylic acid groups (broad SMARTS) is 1. The van der Waals surface area contributed by atoms with Gasteiger partial charge in [-0.25, -0.2) is 0 Å². The molecule has 20 heavy (non-hydrogen) atoms. The van der Waals surface area contributed by atoms with E-state index in [1.807, 2.05) is 20.9 Å². The van der Waals surface area contributed by atoms with Crippen molar-refractivity contribution in [3.05, 3.63) is 46.8 Å². The fraction of sp³-hybridized carbons (Fsp3) is 0.214. The SMILES string of the molecule is Cc1nn(C)c(C)c1/C=N\Nc1ccc(C(=O)[O-])cc1. The second-order valence-corrected chi connectivity index (χ2v) is 4.44. The summed E-state index contributed by atoms with van der Waals surface area (Å²) in [6.45, 7) is 3.89. The van der Waals surface area contributed by atoms with Crippen LogP contribution in [0.2, 0.25) is 0 Å². The summed E-state index contributed by atoms with van der Waals surface area (Å²) in [6, 6.07) is 6.19. The van der Waals surface area contributed by atoms with Crippen molar-refractivity contribution >= 4 is 17.9 Å². The largest absolute Gasteiger partial charge is 0.545 e. The Morgan fingerprint density at radius 2 is 2.00 bits per heavy atom. The Morgan fingerprint density at radius 1 is 1.35 bits per heavy atom. The van der Waals surface area contributed by atoms with Crippen LogP contribution in [0.3, 0.4) is 0 Å². The van der Waals surface area contributed by atoms with E-state index >= 15 is 0 Å². The lowest BCUT2D eigenvalue weighted by molar-refractivity contribution is -0.255. The van der Waals surface area contributed by atoms with E-state index in [4.69, 9.17) is 0 Å². The highest BCUT2D eigenvalue weighted by molar-refractivity contribution is 5.86. The maximum absolute atomic E-state index is 10.6. The maximum atomic E-state index is 10.6. The normalized spacial score (nSPS) is 10.9. The number of carbonyl (C=O) groups is 1. The van der Waals surface area contributed by atoms with Crippen LogP contribution >= 0.6 is 0 Å². The van der Waals surface area contributed by atoms with Gasteiger partial charge in [0.05, 0.1) is 23.6 Å². The molecule has 6 heteroatoms. The molecule has 0 aliphatic heterocycles. The van der Waals surface area contributed by atoms with Crippen molar-refractivity contribution in [1.82, 2.24) is 9.78 Å². The number of carbonyl (C=O) groups excluding carboxylic acids is 1. The summed E-state index contributed by atoms with van der Waals surface area (Å²) in [5.74, 6) is -1.19. The topological polar surface area (TPSA) is 82.3 Å². The number of rotatable bonds is 4. The van der Waals surface area contributed by atoms with Gasteiger partial charge in [-0.05, 0) is 31.5 Å². The van der Waals surface area contributed by atoms with Gasteiger partial charge in [0.1, 0.15) is 0 Å². The molecule has 0 radical (unpaired) electrons. The highest BCUT2D eigenvalue weighted by atomic mass is 16.4. The number of nitrogens with zero attached hydrogens (tertiary/aromatic N) is 3. The molecule has 1 aromatic heterocycles. The number of aromatic carboxylic acids is 1. The predicted octanol–water partition coefficient (Wildman–Crippen LogP) is 0.846. The Morgan fingerprint density at radius 3 is 2.50 bits per heavy atom. The van der Waals surface area contributed by atoms with Crippen LogP contribution in [0.1, 0.15) is 27.3 Å². The van der Waals surface area contributed by atoms with E-state index in [9.17, 15) is 9.90 Å². The van der Waals surface area contributed by atoms with Crippen LogP contribution in [0.15, 0.2) is 29.4 Å². The van der Waals surface area contributed by atoms with Gasteiger partial charge in [0.2, 0.25) is 0 Å². The minimum absolute atomic E-state index is 0.137. The zero-order valence-corrected chi connectivity index (χ0v) is 11.5. The summed E-state index contributed by atoms with van der Waals surface area (Å²) >= 11 is 0. The number of hydrogen-bond donors (Lipinski definition) is 1. The average molecular weight is 271 g/mol. The highest BCUT2D eigenvalue weighted by Gasteiger charge is 2.06. The molecule has 0 aliphatic rings. The molecule has 1 N–H and O–H groups in total. The third kappa shape index (κ3) is 2.85. The molecular formula is C14H15N4O2-. The van der Waals surface area contributed by atoms with Gasteiger partial charge in [0.15, 0.2) is 0 Å². The van der Waals surface area contributed by atoms with Crippen molar-refractivity contribution in [2.24, 2.45) is 12.1 Å². The maximum Gasteiger partial charge on any atom is 0.0715 e. The van der Waals surface area contributed by atoms with E-state index < -0.39 is 5.97 Å². The van der Waals surface area contributed by atoms with Crippen LogP contribution < -0.4 is 10.5 Å². The van der Waals surface area contributed by atoms with Crippen LogP contribution in [-0.2, 0) is 7.05 Å². The van der Waals surface area contributed by atoms with Crippen LogP contribution in [0.5, 0.6) is 0 Å². The molecule has 0 saturated carbocycles. The van der Waals surface area contributed by atoms with Gasteiger partial charge >= 0.3 is 0 Å². The first-order chi connectivity index (χ1) is 9.49. The van der Waals surface area contributed by atoms with Gasteiger partial charge < -0.3 is 9.90 Å². The molecule has 0 spiro atoms. The molecule has 0 bridgehead atoms. The molecule has 0 saturated heterocycles. The summed E-state index contributed by atoms with van der Waals surface area (Å²) in [6.07, 6.45) is 1.70. The molecule has 0 amide bonds. The van der Waals surface area contributed by atoms with Crippen molar-refractivity contribution in [3.63, 3.8) is 0 Å². The molecule has 2 rings (SSSR count). The average Bonchev–Trinajstić information content (AvgIpc) is 2.65. The van der Waals surface area contributed by atoms with Crippen molar-refractivity contribution in [1.29, 1.82) is 0 Å². The van der Waals surface area contributed by atoms with Crippen molar-refractivity contribution in [2.75, 3.05) is 5.43 Å². The summed E-state index contributed by atoms with van der Waals surface area (Å²) in [5, 5.41) is 19.0. The number of nitrogens with one attached hydrogen (secondary N) is 1. The first-order valence-electron chi connectivity index (χ1n) is 6.09. The number of anilines is 1. The fourth-order valence-electron chi connectivity index (χ4n) is 1.83. The molecule has 0 atom stereocenters. The minimum atomic E-state index is -1.19. The zero-order chi connectivity index (χ0) is 14.7.